The number of halogens is 1. The molecule has 0 aromatic carbocycles. The predicted octanol–water partition coefficient (Wildman–Crippen LogP) is 0.923. The maximum absolute atomic E-state index is 12.5. The second-order valence-corrected chi connectivity index (χ2v) is 7.88. The lowest BCUT2D eigenvalue weighted by Gasteiger charge is -2.36. The molecule has 1 amide bonds. The molecule has 0 spiro atoms. The van der Waals surface area contributed by atoms with Gasteiger partial charge in [-0.05, 0) is 41.7 Å². The third kappa shape index (κ3) is 4.23. The maximum atomic E-state index is 12.5. The summed E-state index contributed by atoms with van der Waals surface area (Å²) in [6.45, 7) is 5.34. The van der Waals surface area contributed by atoms with Crippen LogP contribution in [0.3, 0.4) is 0 Å². The van der Waals surface area contributed by atoms with Gasteiger partial charge >= 0.3 is 0 Å². The van der Waals surface area contributed by atoms with Gasteiger partial charge in [-0.3, -0.25) is 9.59 Å². The molecule has 3 rings (SSSR count). The molecule has 1 aromatic heterocycles. The monoisotopic (exact) mass is 411 g/mol. The van der Waals surface area contributed by atoms with Crippen molar-refractivity contribution in [2.45, 2.75) is 19.3 Å². The van der Waals surface area contributed by atoms with E-state index in [-0.39, 0.29) is 5.56 Å². The van der Waals surface area contributed by atoms with Crippen LogP contribution in [-0.4, -0.2) is 71.8 Å². The van der Waals surface area contributed by atoms with Crippen molar-refractivity contribution >= 4 is 27.5 Å². The van der Waals surface area contributed by atoms with Gasteiger partial charge in [0.05, 0.1) is 11.9 Å². The summed E-state index contributed by atoms with van der Waals surface area (Å²) < 4.78 is 1.90. The number of carbonyl (C=O) groups is 1. The molecule has 0 N–H and O–H groups in total. The van der Waals surface area contributed by atoms with E-state index in [1.165, 1.54) is 4.68 Å². The largest absolute Gasteiger partial charge is 0.369 e. The summed E-state index contributed by atoms with van der Waals surface area (Å²) in [4.78, 5) is 31.0. The maximum Gasteiger partial charge on any atom is 0.282 e. The summed E-state index contributed by atoms with van der Waals surface area (Å²) in [6, 6.07) is 0. The molecule has 0 radical (unpaired) electrons. The van der Waals surface area contributed by atoms with Crippen molar-refractivity contribution in [3.63, 3.8) is 0 Å². The zero-order chi connectivity index (χ0) is 18.0. The quantitative estimate of drug-likeness (QED) is 0.739. The third-order valence-electron chi connectivity index (χ3n) is 5.33. The molecule has 3 heterocycles. The Morgan fingerprint density at radius 1 is 1.16 bits per heavy atom. The molecule has 7 nitrogen and oxygen atoms in total. The SMILES string of the molecule is CN1CCN(C(=O)CC2CCN(c3cnn(C)c(=O)c3Br)CC2)CC1. The Bertz CT molecular complexity index is 676. The Hall–Kier alpha value is -1.41. The highest BCUT2D eigenvalue weighted by Crippen LogP contribution is 2.28. The lowest BCUT2D eigenvalue weighted by atomic mass is 9.92. The Labute approximate surface area is 156 Å². The first-order chi connectivity index (χ1) is 12.0. The fraction of sp³-hybridized carbons (Fsp3) is 0.706. The molecule has 0 aliphatic carbocycles. The van der Waals surface area contributed by atoms with Gasteiger partial charge in [0.1, 0.15) is 4.47 Å². The number of hydrogen-bond donors (Lipinski definition) is 0. The summed E-state index contributed by atoms with van der Waals surface area (Å²) in [5.41, 5.74) is 0.733. The molecule has 0 bridgehead atoms. The Kier molecular flexibility index (Phi) is 5.78. The minimum absolute atomic E-state index is 0.120. The number of nitrogens with zero attached hydrogens (tertiary/aromatic N) is 5. The number of hydrogen-bond acceptors (Lipinski definition) is 5. The Morgan fingerprint density at radius 3 is 2.44 bits per heavy atom. The van der Waals surface area contributed by atoms with Gasteiger partial charge in [0.25, 0.3) is 5.56 Å². The fourth-order valence-electron chi connectivity index (χ4n) is 3.53. The first kappa shape index (κ1) is 18.4. The molecule has 0 atom stereocenters. The van der Waals surface area contributed by atoms with Gasteiger partial charge in [-0.2, -0.15) is 5.10 Å². The number of anilines is 1. The van der Waals surface area contributed by atoms with E-state index in [1.807, 2.05) is 4.90 Å². The Morgan fingerprint density at radius 2 is 1.80 bits per heavy atom. The van der Waals surface area contributed by atoms with Crippen LogP contribution in [0.15, 0.2) is 15.5 Å². The van der Waals surface area contributed by atoms with Crippen LogP contribution >= 0.6 is 15.9 Å². The number of aromatic nitrogens is 2. The van der Waals surface area contributed by atoms with Crippen molar-refractivity contribution in [3.05, 3.63) is 21.0 Å². The molecule has 1 aromatic rings. The van der Waals surface area contributed by atoms with E-state index >= 15 is 0 Å². The molecule has 138 valence electrons. The summed E-state index contributed by atoms with van der Waals surface area (Å²) in [5, 5.41) is 4.12. The first-order valence-corrected chi connectivity index (χ1v) is 9.68. The van der Waals surface area contributed by atoms with Gasteiger partial charge in [-0.1, -0.05) is 0 Å². The minimum Gasteiger partial charge on any atom is -0.369 e. The van der Waals surface area contributed by atoms with Crippen molar-refractivity contribution in [2.24, 2.45) is 13.0 Å². The second-order valence-electron chi connectivity index (χ2n) is 7.09. The topological polar surface area (TPSA) is 61.7 Å². The van der Waals surface area contributed by atoms with Gasteiger partial charge in [0, 0.05) is 52.7 Å². The van der Waals surface area contributed by atoms with Crippen molar-refractivity contribution in [3.8, 4) is 0 Å². The van der Waals surface area contributed by atoms with E-state index in [4.69, 9.17) is 0 Å². The van der Waals surface area contributed by atoms with E-state index in [1.54, 1.807) is 13.2 Å². The normalized spacial score (nSPS) is 20.1. The highest BCUT2D eigenvalue weighted by molar-refractivity contribution is 9.10. The van der Waals surface area contributed by atoms with Crippen LogP contribution in [0.5, 0.6) is 0 Å². The first-order valence-electron chi connectivity index (χ1n) is 8.89. The predicted molar refractivity (Wildman–Crippen MR) is 101 cm³/mol. The number of rotatable bonds is 3. The van der Waals surface area contributed by atoms with Crippen molar-refractivity contribution in [2.75, 3.05) is 51.2 Å². The summed E-state index contributed by atoms with van der Waals surface area (Å²) in [6.07, 6.45) is 4.33. The molecule has 0 unspecified atom stereocenters. The van der Waals surface area contributed by atoms with Crippen LogP contribution in [0.2, 0.25) is 0 Å². The smallest absolute Gasteiger partial charge is 0.282 e. The molecule has 8 heteroatoms. The number of piperazine rings is 1. The number of carbonyl (C=O) groups excluding carboxylic acids is 1. The fourth-order valence-corrected chi connectivity index (χ4v) is 4.14. The number of likely N-dealkylation sites (N-methyl/N-ethyl adjacent to an activating group) is 1. The third-order valence-corrected chi connectivity index (χ3v) is 6.08. The standard InChI is InChI=1S/C17H26BrN5O2/c1-20-7-9-23(10-8-20)15(24)11-13-3-5-22(6-4-13)14-12-19-21(2)17(25)16(14)18/h12-13H,3-11H2,1-2H3. The summed E-state index contributed by atoms with van der Waals surface area (Å²) in [5.74, 6) is 0.727. The van der Waals surface area contributed by atoms with Crippen LogP contribution in [-0.2, 0) is 11.8 Å². The lowest BCUT2D eigenvalue weighted by Crippen LogP contribution is -2.47. The van der Waals surface area contributed by atoms with E-state index in [9.17, 15) is 9.59 Å². The zero-order valence-electron chi connectivity index (χ0n) is 14.9. The van der Waals surface area contributed by atoms with Crippen LogP contribution in [0.4, 0.5) is 5.69 Å². The molecule has 2 saturated heterocycles. The van der Waals surface area contributed by atoms with Crippen LogP contribution in [0, 0.1) is 5.92 Å². The van der Waals surface area contributed by atoms with E-state index in [0.717, 1.165) is 57.8 Å². The molecule has 25 heavy (non-hydrogen) atoms. The van der Waals surface area contributed by atoms with E-state index in [2.05, 4.69) is 37.9 Å². The van der Waals surface area contributed by atoms with Crippen LogP contribution in [0.25, 0.3) is 0 Å². The van der Waals surface area contributed by atoms with Crippen LogP contribution < -0.4 is 10.5 Å². The molecule has 2 aliphatic heterocycles. The number of aryl methyl sites for hydroxylation is 1. The second kappa shape index (κ2) is 7.86. The average Bonchev–Trinajstić information content (AvgIpc) is 2.61. The van der Waals surface area contributed by atoms with Gasteiger partial charge < -0.3 is 14.7 Å². The van der Waals surface area contributed by atoms with E-state index < -0.39 is 0 Å². The van der Waals surface area contributed by atoms with Crippen molar-refractivity contribution in [1.82, 2.24) is 19.6 Å². The molecular formula is C17H26BrN5O2. The highest BCUT2D eigenvalue weighted by Gasteiger charge is 2.26. The minimum atomic E-state index is -0.120. The van der Waals surface area contributed by atoms with Gasteiger partial charge in [0.15, 0.2) is 0 Å². The molecule has 0 saturated carbocycles. The van der Waals surface area contributed by atoms with Gasteiger partial charge in [0.2, 0.25) is 5.91 Å². The molecule has 2 fully saturated rings. The average molecular weight is 412 g/mol. The van der Waals surface area contributed by atoms with Crippen molar-refractivity contribution in [1.29, 1.82) is 0 Å². The van der Waals surface area contributed by atoms with Crippen molar-refractivity contribution < 1.29 is 4.79 Å². The summed E-state index contributed by atoms with van der Waals surface area (Å²) >= 11 is 3.40. The highest BCUT2D eigenvalue weighted by atomic mass is 79.9. The van der Waals surface area contributed by atoms with Gasteiger partial charge in [-0.15, -0.1) is 0 Å². The number of piperidine rings is 1. The van der Waals surface area contributed by atoms with E-state index in [0.29, 0.717) is 22.7 Å². The number of amides is 1. The lowest BCUT2D eigenvalue weighted by molar-refractivity contribution is -0.133. The van der Waals surface area contributed by atoms with Gasteiger partial charge in [-0.25, -0.2) is 4.68 Å². The Balaban J connectivity index is 1.53. The summed E-state index contributed by atoms with van der Waals surface area (Å²) in [7, 11) is 3.74. The molecular weight excluding hydrogens is 386 g/mol. The van der Waals surface area contributed by atoms with Crippen LogP contribution in [0.1, 0.15) is 19.3 Å². The zero-order valence-corrected chi connectivity index (χ0v) is 16.5. The molecule has 2 aliphatic rings.